The molecule has 0 bridgehead atoms. The van der Waals surface area contributed by atoms with Gasteiger partial charge in [-0.05, 0) is 0 Å². The molecule has 0 aliphatic heterocycles. The van der Waals surface area contributed by atoms with Gasteiger partial charge in [-0.1, -0.05) is 0 Å². The van der Waals surface area contributed by atoms with Crippen LogP contribution >= 0.6 is 0 Å². The molecule has 18 heteroatoms. The van der Waals surface area contributed by atoms with Crippen molar-refractivity contribution in [2.75, 3.05) is 0 Å². The van der Waals surface area contributed by atoms with Gasteiger partial charge in [-0.15, -0.1) is 0 Å². The van der Waals surface area contributed by atoms with E-state index in [0.717, 1.165) is 0 Å². The molecule has 0 atom stereocenters. The maximum Gasteiger partial charge on any atom is 1.00 e. The van der Waals surface area contributed by atoms with E-state index in [1.807, 2.05) is 0 Å². The van der Waals surface area contributed by atoms with E-state index < -0.39 is 6.47 Å². The Morgan fingerprint density at radius 2 is 0.526 bits per heavy atom. The number of hydrogen-bond donors (Lipinski definition) is 0. The van der Waals surface area contributed by atoms with Crippen LogP contribution in [0.5, 0.6) is 0 Å². The molecule has 0 aliphatic carbocycles. The summed E-state index contributed by atoms with van der Waals surface area (Å²) in [6, 6.07) is 0. The molecule has 0 spiro atoms. The van der Waals surface area contributed by atoms with Crippen molar-refractivity contribution in [2.45, 2.75) is 0 Å². The van der Waals surface area contributed by atoms with Crippen LogP contribution in [-0.4, -0.2) is 6.47 Å². The first-order chi connectivity index (χ1) is 5.41. The smallest absolute Gasteiger partial charge is 1.00 e. The number of carbonyl (C=O) groups is 1. The molecule has 0 radical (unpaired) electrons. The summed E-state index contributed by atoms with van der Waals surface area (Å²) >= 11 is 0. The molecule has 0 aromatic carbocycles. The number of carboxylic acid groups (broad SMARTS) is 1. The van der Waals surface area contributed by atoms with Crippen LogP contribution in [0.1, 0.15) is 0 Å². The zero-order valence-corrected chi connectivity index (χ0v) is 28.5. The molecule has 0 heterocycles. The fourth-order valence-corrected chi connectivity index (χ4v) is 0. The zero-order valence-electron chi connectivity index (χ0n) is 9.70. The van der Waals surface area contributed by atoms with Crippen molar-refractivity contribution in [1.29, 1.82) is 0 Å². The van der Waals surface area contributed by atoms with E-state index in [1.54, 1.807) is 0 Å². The van der Waals surface area contributed by atoms with Crippen LogP contribution in [0.4, 0.5) is 0 Å². The van der Waals surface area contributed by atoms with Crippen LogP contribution in [0.2, 0.25) is 0 Å². The minimum atomic E-state index is -0.500. The van der Waals surface area contributed by atoms with Gasteiger partial charge in [-0.25, -0.2) is 0 Å². The fourth-order valence-electron chi connectivity index (χ4n) is 0. The molecule has 0 N–H and O–H groups in total. The summed E-state index contributed by atoms with van der Waals surface area (Å²) in [7, 11) is 0. The Labute approximate surface area is 283 Å². The Morgan fingerprint density at radius 1 is 0.526 bits per heavy atom. The molecule has 0 aromatic rings. The van der Waals surface area contributed by atoms with E-state index in [4.69, 9.17) is 52.0 Å². The predicted octanol–water partition coefficient (Wildman–Crippen LogP) is -20.5. The normalized spacial score (nSPS) is 1.89. The van der Waals surface area contributed by atoms with Gasteiger partial charge in [0, 0.05) is 48.6 Å². The molecule has 0 fully saturated rings. The van der Waals surface area contributed by atoms with Crippen molar-refractivity contribution in [3.8, 4) is 0 Å². The fraction of sp³-hybridized carbons (Fsp3) is 0. The van der Waals surface area contributed by atoms with E-state index in [2.05, 4.69) is 0 Å². The minimum Gasteiger partial charge on any atom is -2.00 e. The summed E-state index contributed by atoms with van der Waals surface area (Å²) in [5.74, 6) is 0. The molecule has 0 amide bonds. The zero-order chi connectivity index (χ0) is 10.7. The summed E-state index contributed by atoms with van der Waals surface area (Å²) in [5.41, 5.74) is 0. The van der Waals surface area contributed by atoms with E-state index in [-0.39, 0.29) is 233 Å². The third-order valence-electron chi connectivity index (χ3n) is 0. The van der Waals surface area contributed by atoms with Gasteiger partial charge in [-0.3, -0.25) is 0 Å². The first kappa shape index (κ1) is 101. The standard InChI is InChI=1S/CH2O2.2Mo.4O2.3O.3Rb/c2-1-3;;;4*1-2;;;;;;/h1H,(H,2,3);;;;;;;;;;;;/q;;;7*-2;3*+1/p-1. The first-order valence-corrected chi connectivity index (χ1v) is 1.14. The number of rotatable bonds is 0. The molecule has 0 unspecified atom stereocenters. The summed E-state index contributed by atoms with van der Waals surface area (Å²) in [4.78, 5) is 8.25. The van der Waals surface area contributed by atoms with E-state index in [9.17, 15) is 0 Å². The monoisotopic (exact) mass is 671 g/mol. The van der Waals surface area contributed by atoms with Crippen molar-refractivity contribution in [3.05, 3.63) is 0 Å². The van der Waals surface area contributed by atoms with Crippen molar-refractivity contribution in [3.63, 3.8) is 0 Å². The Balaban J connectivity index is -0.00000000197. The van der Waals surface area contributed by atoms with Gasteiger partial charge in [0.25, 0.3) is 0 Å². The van der Waals surface area contributed by atoms with Crippen LogP contribution in [0.3, 0.4) is 0 Å². The third kappa shape index (κ3) is 335. The van der Waals surface area contributed by atoms with Crippen molar-refractivity contribution < 1.29 is 285 Å². The van der Waals surface area contributed by atoms with E-state index in [1.165, 1.54) is 0 Å². The summed E-state index contributed by atoms with van der Waals surface area (Å²) in [6.07, 6.45) is 0. The minimum absolute atomic E-state index is 0. The van der Waals surface area contributed by atoms with Gasteiger partial charge in [0.1, 0.15) is 0 Å². The molecule has 0 rings (SSSR count). The van der Waals surface area contributed by atoms with Crippen molar-refractivity contribution in [1.82, 2.24) is 0 Å². The van der Waals surface area contributed by atoms with Crippen LogP contribution in [0.25, 0.3) is 0 Å². The molecule has 19 heavy (non-hydrogen) atoms. The molecule has 0 aliphatic rings. The second-order valence-electron chi connectivity index (χ2n) is 0.0962. The van der Waals surface area contributed by atoms with E-state index >= 15 is 0 Å². The predicted molar refractivity (Wildman–Crippen MR) is 8.12 cm³/mol. The largest absolute Gasteiger partial charge is 2.00 e. The average Bonchev–Trinajstić information content (AvgIpc) is 2.18. The van der Waals surface area contributed by atoms with E-state index in [0.29, 0.717) is 0 Å². The Hall–Kier alpha value is 5.82. The van der Waals surface area contributed by atoms with Gasteiger partial charge >= 0.3 is 175 Å². The number of hydrogen-bond acceptors (Lipinski definition) is 10. The Morgan fingerprint density at radius 3 is 0.526 bits per heavy atom. The number of carbonyl (C=O) groups excluding carboxylic acids is 1. The molecule has 13 nitrogen and oxygen atoms in total. The first-order valence-electron chi connectivity index (χ1n) is 1.14. The van der Waals surface area contributed by atoms with Gasteiger partial charge in [0.15, 0.2) is 0 Å². The summed E-state index contributed by atoms with van der Waals surface area (Å²) in [6.45, 7) is -0.500. The molecular formula is CHMo2O13Rb3-12. The molecule has 0 saturated carbocycles. The topological polar surface area (TPSA) is 310 Å². The van der Waals surface area contributed by atoms with Crippen LogP contribution < -0.4 is 222 Å². The SMILES string of the molecule is O=C[O-].[Mo].[Mo].[O-2].[O-2].[O-2].[O-][O-].[O-][O-].[O-][O-].[O-][O-].[Rb+].[Rb+].[Rb+]. The van der Waals surface area contributed by atoms with Gasteiger partial charge in [0.05, 0.1) is 0 Å². The molecule has 0 aromatic heterocycles. The molecule has 110 valence electrons. The van der Waals surface area contributed by atoms with Crippen molar-refractivity contribution in [2.24, 2.45) is 0 Å². The van der Waals surface area contributed by atoms with Crippen LogP contribution in [0, 0.1) is 0 Å². The van der Waals surface area contributed by atoms with Gasteiger partial charge < -0.3 is 68.4 Å². The van der Waals surface area contributed by atoms with Gasteiger partial charge in [-0.2, -0.15) is 0 Å². The maximum absolute atomic E-state index is 8.25. The third-order valence-corrected chi connectivity index (χ3v) is 0. The second-order valence-corrected chi connectivity index (χ2v) is 0.0962. The average molecular weight is 669 g/mol. The Kier molecular flexibility index (Phi) is 1410. The quantitative estimate of drug-likeness (QED) is 0.101. The molecular weight excluding hydrogens is 668 g/mol. The van der Waals surface area contributed by atoms with Crippen molar-refractivity contribution >= 4 is 6.47 Å². The molecule has 0 saturated heterocycles. The summed E-state index contributed by atoms with van der Waals surface area (Å²) in [5, 5.41) is 64.2. The second kappa shape index (κ2) is 267. The summed E-state index contributed by atoms with van der Waals surface area (Å²) < 4.78 is 0. The van der Waals surface area contributed by atoms with Crippen LogP contribution in [0.15, 0.2) is 0 Å². The van der Waals surface area contributed by atoms with Gasteiger partial charge in [0.2, 0.25) is 0 Å². The maximum atomic E-state index is 8.25. The Bertz CT molecular complexity index is 33.4. The van der Waals surface area contributed by atoms with Crippen LogP contribution in [-0.2, 0) is 63.4 Å².